The number of carbonyl (C=O) groups excluding carboxylic acids is 1. The third-order valence-corrected chi connectivity index (χ3v) is 3.62. The summed E-state index contributed by atoms with van der Waals surface area (Å²) in [6.45, 7) is 12.6. The molecule has 0 N–H and O–H groups in total. The van der Waals surface area contributed by atoms with Gasteiger partial charge in [0.15, 0.2) is 6.17 Å². The van der Waals surface area contributed by atoms with Gasteiger partial charge in [0.25, 0.3) is 0 Å². The summed E-state index contributed by atoms with van der Waals surface area (Å²) in [6.07, 6.45) is 1.40. The molecule has 0 aromatic heterocycles. The molecule has 0 saturated carbocycles. The number of likely N-dealkylation sites (N-methyl/N-ethyl adjacent to an activating group) is 1. The smallest absolute Gasteiger partial charge is 0.300 e. The highest BCUT2D eigenvalue weighted by Crippen LogP contribution is 2.31. The Morgan fingerprint density at radius 2 is 1.70 bits per heavy atom. The number of carbonyl (C=O) groups is 1. The van der Waals surface area contributed by atoms with Crippen molar-refractivity contribution in [2.45, 2.75) is 53.8 Å². The Kier molecular flexibility index (Phi) is 7.45. The van der Waals surface area contributed by atoms with Crippen LogP contribution in [0, 0.1) is 0 Å². The molecule has 2 aliphatic heterocycles. The lowest BCUT2D eigenvalue weighted by Gasteiger charge is -2.26. The standard InChI is InChI=1S/C14H16N4O.2C2H6/c1-3-17-13-12(10(2)15-9-16-13)18(14(17)19)11-7-5-4-6-8-11;2*1-2/h4-9,12-13H,3H2,1-2H3;2*1-2H3. The highest BCUT2D eigenvalue weighted by atomic mass is 16.2. The van der Waals surface area contributed by atoms with Crippen molar-refractivity contribution in [2.24, 2.45) is 9.98 Å². The highest BCUT2D eigenvalue weighted by Gasteiger charge is 2.47. The molecule has 2 aliphatic rings. The molecule has 0 aliphatic carbocycles. The van der Waals surface area contributed by atoms with Gasteiger partial charge in [0, 0.05) is 17.9 Å². The zero-order valence-electron chi connectivity index (χ0n) is 15.0. The third-order valence-electron chi connectivity index (χ3n) is 3.62. The molecule has 3 rings (SSSR count). The number of benzene rings is 1. The van der Waals surface area contributed by atoms with E-state index in [2.05, 4.69) is 9.98 Å². The highest BCUT2D eigenvalue weighted by molar-refractivity contribution is 6.08. The number of hydrogen-bond acceptors (Lipinski definition) is 3. The molecule has 2 atom stereocenters. The van der Waals surface area contributed by atoms with E-state index in [1.54, 1.807) is 16.1 Å². The Morgan fingerprint density at radius 3 is 2.26 bits per heavy atom. The number of para-hydroxylation sites is 1. The topological polar surface area (TPSA) is 48.3 Å². The number of amides is 2. The Balaban J connectivity index is 0.000000615. The monoisotopic (exact) mass is 316 g/mol. The molecule has 1 aromatic carbocycles. The minimum atomic E-state index is -0.157. The van der Waals surface area contributed by atoms with Gasteiger partial charge in [-0.1, -0.05) is 45.9 Å². The van der Waals surface area contributed by atoms with E-state index in [-0.39, 0.29) is 18.2 Å². The molecule has 0 spiro atoms. The third kappa shape index (κ3) is 3.60. The molecule has 2 heterocycles. The van der Waals surface area contributed by atoms with E-state index in [1.165, 1.54) is 0 Å². The molecule has 5 heteroatoms. The Labute approximate surface area is 139 Å². The van der Waals surface area contributed by atoms with Gasteiger partial charge in [-0.3, -0.25) is 9.80 Å². The summed E-state index contributed by atoms with van der Waals surface area (Å²) in [5, 5.41) is 0. The van der Waals surface area contributed by atoms with Crippen LogP contribution in [-0.2, 0) is 0 Å². The summed E-state index contributed by atoms with van der Waals surface area (Å²) >= 11 is 0. The maximum absolute atomic E-state index is 12.6. The Bertz CT molecular complexity index is 553. The fourth-order valence-corrected chi connectivity index (χ4v) is 2.69. The van der Waals surface area contributed by atoms with Crippen LogP contribution in [0.3, 0.4) is 0 Å². The van der Waals surface area contributed by atoms with Crippen molar-refractivity contribution in [2.75, 3.05) is 11.4 Å². The van der Waals surface area contributed by atoms with Gasteiger partial charge in [-0.25, -0.2) is 14.8 Å². The average molecular weight is 316 g/mol. The van der Waals surface area contributed by atoms with Crippen molar-refractivity contribution in [1.82, 2.24) is 4.90 Å². The molecule has 0 bridgehead atoms. The number of fused-ring (bicyclic) bond motifs is 1. The lowest BCUT2D eigenvalue weighted by atomic mass is 10.1. The van der Waals surface area contributed by atoms with Crippen LogP contribution in [0.1, 0.15) is 41.5 Å². The molecule has 23 heavy (non-hydrogen) atoms. The van der Waals surface area contributed by atoms with Gasteiger partial charge in [-0.05, 0) is 26.0 Å². The van der Waals surface area contributed by atoms with Gasteiger partial charge in [0.1, 0.15) is 12.4 Å². The van der Waals surface area contributed by atoms with Gasteiger partial charge in [0.2, 0.25) is 0 Å². The summed E-state index contributed by atoms with van der Waals surface area (Å²) in [5.41, 5.74) is 1.82. The minimum absolute atomic E-state index is 0.00250. The van der Waals surface area contributed by atoms with Gasteiger partial charge >= 0.3 is 6.03 Å². The van der Waals surface area contributed by atoms with E-state index >= 15 is 0 Å². The molecule has 1 aromatic rings. The second-order valence-corrected chi connectivity index (χ2v) is 4.67. The second kappa shape index (κ2) is 9.08. The van der Waals surface area contributed by atoms with E-state index in [9.17, 15) is 4.79 Å². The van der Waals surface area contributed by atoms with Crippen molar-refractivity contribution >= 4 is 23.8 Å². The maximum Gasteiger partial charge on any atom is 0.327 e. The fourth-order valence-electron chi connectivity index (χ4n) is 2.69. The summed E-state index contributed by atoms with van der Waals surface area (Å²) in [7, 11) is 0. The summed E-state index contributed by atoms with van der Waals surface area (Å²) in [5.74, 6) is 0. The predicted octanol–water partition coefficient (Wildman–Crippen LogP) is 4.20. The Hall–Kier alpha value is -2.17. The molecule has 2 unspecified atom stereocenters. The molecule has 1 fully saturated rings. The van der Waals surface area contributed by atoms with E-state index in [0.717, 1.165) is 11.4 Å². The van der Waals surface area contributed by atoms with Crippen LogP contribution >= 0.6 is 0 Å². The molecule has 5 nitrogen and oxygen atoms in total. The van der Waals surface area contributed by atoms with E-state index in [4.69, 9.17) is 0 Å². The van der Waals surface area contributed by atoms with E-state index in [0.29, 0.717) is 6.54 Å². The van der Waals surface area contributed by atoms with Gasteiger partial charge < -0.3 is 0 Å². The number of aliphatic imine (C=N–C) groups is 2. The molecule has 126 valence electrons. The summed E-state index contributed by atoms with van der Waals surface area (Å²) in [6, 6.07) is 9.60. The lowest BCUT2D eigenvalue weighted by molar-refractivity contribution is 0.210. The van der Waals surface area contributed by atoms with Crippen LogP contribution in [0.25, 0.3) is 0 Å². The summed E-state index contributed by atoms with van der Waals surface area (Å²) < 4.78 is 0. The normalized spacial score (nSPS) is 21.7. The van der Waals surface area contributed by atoms with Crippen LogP contribution in [0.4, 0.5) is 10.5 Å². The molecule has 1 saturated heterocycles. The SMILES string of the molecule is CC.CC.CCN1C(=O)N(c2ccccc2)C2C(C)=NC=NC21. The maximum atomic E-state index is 12.6. The van der Waals surface area contributed by atoms with Crippen molar-refractivity contribution < 1.29 is 4.79 Å². The zero-order chi connectivity index (χ0) is 17.4. The first-order valence-electron chi connectivity index (χ1n) is 8.45. The minimum Gasteiger partial charge on any atom is -0.300 e. The van der Waals surface area contributed by atoms with Crippen LogP contribution in [0.2, 0.25) is 0 Å². The van der Waals surface area contributed by atoms with Crippen LogP contribution in [-0.4, -0.2) is 41.7 Å². The first kappa shape index (κ1) is 18.9. The number of anilines is 1. The van der Waals surface area contributed by atoms with Crippen LogP contribution in [0.5, 0.6) is 0 Å². The van der Waals surface area contributed by atoms with Crippen molar-refractivity contribution in [3.63, 3.8) is 0 Å². The van der Waals surface area contributed by atoms with Crippen LogP contribution in [0.15, 0.2) is 40.3 Å². The number of rotatable bonds is 2. The first-order chi connectivity index (χ1) is 11.2. The molecular formula is C18H28N4O. The number of nitrogens with zero attached hydrogens (tertiary/aromatic N) is 4. The number of hydrogen-bond donors (Lipinski definition) is 0. The Morgan fingerprint density at radius 1 is 1.09 bits per heavy atom. The zero-order valence-corrected chi connectivity index (χ0v) is 15.0. The second-order valence-electron chi connectivity index (χ2n) is 4.67. The molecule has 0 radical (unpaired) electrons. The van der Waals surface area contributed by atoms with E-state index < -0.39 is 0 Å². The quantitative estimate of drug-likeness (QED) is 0.806. The van der Waals surface area contributed by atoms with Crippen molar-refractivity contribution in [1.29, 1.82) is 0 Å². The molecule has 2 amide bonds. The average Bonchev–Trinajstić information content (AvgIpc) is 2.92. The van der Waals surface area contributed by atoms with Gasteiger partial charge in [-0.15, -0.1) is 0 Å². The van der Waals surface area contributed by atoms with Gasteiger partial charge in [0.05, 0.1) is 0 Å². The molecular weight excluding hydrogens is 288 g/mol. The number of urea groups is 1. The van der Waals surface area contributed by atoms with Crippen molar-refractivity contribution in [3.8, 4) is 0 Å². The largest absolute Gasteiger partial charge is 0.327 e. The van der Waals surface area contributed by atoms with Crippen molar-refractivity contribution in [3.05, 3.63) is 30.3 Å². The predicted molar refractivity (Wildman–Crippen MR) is 98.6 cm³/mol. The first-order valence-corrected chi connectivity index (χ1v) is 8.45. The van der Waals surface area contributed by atoms with Crippen LogP contribution < -0.4 is 4.90 Å². The van der Waals surface area contributed by atoms with Gasteiger partial charge in [-0.2, -0.15) is 0 Å². The lowest BCUT2D eigenvalue weighted by Crippen LogP contribution is -2.43. The summed E-state index contributed by atoms with van der Waals surface area (Å²) in [4.78, 5) is 24.8. The fraction of sp³-hybridized carbons (Fsp3) is 0.500. The van der Waals surface area contributed by atoms with E-state index in [1.807, 2.05) is 71.9 Å².